The van der Waals surface area contributed by atoms with Gasteiger partial charge in [-0.2, -0.15) is 0 Å². The smallest absolute Gasteiger partial charge is 0.303 e. The zero-order valence-electron chi connectivity index (χ0n) is 16.6. The third-order valence-electron chi connectivity index (χ3n) is 4.60. The molecule has 0 fully saturated rings. The van der Waals surface area contributed by atoms with E-state index in [1.807, 2.05) is 18.2 Å². The van der Waals surface area contributed by atoms with Crippen LogP contribution in [0, 0.1) is 0 Å². The highest BCUT2D eigenvalue weighted by Crippen LogP contribution is 2.19. The molecule has 0 spiro atoms. The number of amides is 1. The lowest BCUT2D eigenvalue weighted by atomic mass is 10.1. The first-order valence-electron chi connectivity index (χ1n) is 9.33. The molecule has 0 atom stereocenters. The Bertz CT molecular complexity index is 1070. The molecule has 1 amide bonds. The molecule has 0 aliphatic carbocycles. The minimum atomic E-state index is -0.850. The number of aromatic amines is 1. The van der Waals surface area contributed by atoms with E-state index >= 15 is 0 Å². The second kappa shape index (κ2) is 10.3. The van der Waals surface area contributed by atoms with Gasteiger partial charge in [-0.15, -0.1) is 0 Å². The number of carbonyl (C=O) groups is 2. The summed E-state index contributed by atoms with van der Waals surface area (Å²) in [5, 5.41) is 14.8. The number of rotatable bonds is 9. The lowest BCUT2D eigenvalue weighted by Gasteiger charge is -2.08. The topological polar surface area (TPSA) is 145 Å². The number of carboxylic acid groups (broad SMARTS) is 1. The van der Waals surface area contributed by atoms with E-state index in [0.717, 1.165) is 11.1 Å². The van der Waals surface area contributed by atoms with Crippen molar-refractivity contribution < 1.29 is 24.9 Å². The predicted octanol–water partition coefficient (Wildman–Crippen LogP) is 2.15. The van der Waals surface area contributed by atoms with Crippen molar-refractivity contribution in [2.45, 2.75) is 32.2 Å². The van der Waals surface area contributed by atoms with E-state index < -0.39 is 5.97 Å². The summed E-state index contributed by atoms with van der Waals surface area (Å²) in [5.74, 6) is -0.362. The molecule has 0 radical (unpaired) electrons. The first-order valence-corrected chi connectivity index (χ1v) is 9.33. The van der Waals surface area contributed by atoms with E-state index in [-0.39, 0.29) is 29.8 Å². The largest absolute Gasteiger partial charge is 0.497 e. The van der Waals surface area contributed by atoms with E-state index in [2.05, 4.69) is 10.4 Å². The molecule has 0 aliphatic heterocycles. The fourth-order valence-corrected chi connectivity index (χ4v) is 3.09. The maximum Gasteiger partial charge on any atom is 0.303 e. The Morgan fingerprint density at radius 3 is 2.47 bits per heavy atom. The van der Waals surface area contributed by atoms with Crippen molar-refractivity contribution >= 4 is 28.5 Å². The van der Waals surface area contributed by atoms with Crippen molar-refractivity contribution in [3.05, 3.63) is 58.4 Å². The zero-order valence-corrected chi connectivity index (χ0v) is 16.6. The van der Waals surface area contributed by atoms with Crippen LogP contribution in [0.1, 0.15) is 31.2 Å². The van der Waals surface area contributed by atoms with Gasteiger partial charge in [0.15, 0.2) is 0 Å². The van der Waals surface area contributed by atoms with Crippen molar-refractivity contribution in [1.29, 1.82) is 0 Å². The summed E-state index contributed by atoms with van der Waals surface area (Å²) in [6.45, 7) is 0.481. The number of benzene rings is 2. The maximum atomic E-state index is 12.2. The molecular formula is C21H25N3O6. The van der Waals surface area contributed by atoms with Gasteiger partial charge >= 0.3 is 5.97 Å². The minimum Gasteiger partial charge on any atom is -0.497 e. The number of aliphatic carboxylic acids is 1. The number of nitrogens with one attached hydrogen (secondary N) is 2. The lowest BCUT2D eigenvalue weighted by Crippen LogP contribution is -2.11. The van der Waals surface area contributed by atoms with Crippen LogP contribution < -0.4 is 15.6 Å². The fourth-order valence-electron chi connectivity index (χ4n) is 3.09. The summed E-state index contributed by atoms with van der Waals surface area (Å²) in [7, 11) is 1.56. The Hall–Kier alpha value is -3.59. The Balaban J connectivity index is 0.00000320. The summed E-state index contributed by atoms with van der Waals surface area (Å²) >= 11 is 0. The van der Waals surface area contributed by atoms with E-state index in [9.17, 15) is 14.4 Å². The number of unbranched alkanes of at least 4 members (excludes halogenated alkanes) is 1. The van der Waals surface area contributed by atoms with Crippen LogP contribution in [0.3, 0.4) is 0 Å². The molecule has 0 aliphatic rings. The Morgan fingerprint density at radius 2 is 1.80 bits per heavy atom. The van der Waals surface area contributed by atoms with Crippen LogP contribution >= 0.6 is 0 Å². The monoisotopic (exact) mass is 415 g/mol. The number of methoxy groups -OCH3 is 1. The number of ether oxygens (including phenoxy) is 1. The highest BCUT2D eigenvalue weighted by atomic mass is 16.5. The van der Waals surface area contributed by atoms with Crippen LogP contribution in [0.25, 0.3) is 10.9 Å². The van der Waals surface area contributed by atoms with Crippen LogP contribution in [-0.2, 0) is 16.1 Å². The Kier molecular flexibility index (Phi) is 7.76. The van der Waals surface area contributed by atoms with Crippen LogP contribution in [0.15, 0.2) is 47.3 Å². The molecule has 0 saturated carbocycles. The van der Waals surface area contributed by atoms with Gasteiger partial charge in [0, 0.05) is 18.5 Å². The van der Waals surface area contributed by atoms with Crippen molar-refractivity contribution in [3.8, 4) is 5.75 Å². The highest BCUT2D eigenvalue weighted by Gasteiger charge is 2.09. The van der Waals surface area contributed by atoms with Crippen molar-refractivity contribution in [3.63, 3.8) is 0 Å². The van der Waals surface area contributed by atoms with E-state index in [4.69, 9.17) is 9.84 Å². The van der Waals surface area contributed by atoms with Gasteiger partial charge in [0.1, 0.15) is 5.75 Å². The number of fused-ring (bicyclic) bond motifs is 1. The predicted molar refractivity (Wildman–Crippen MR) is 113 cm³/mol. The molecular weight excluding hydrogens is 390 g/mol. The molecule has 160 valence electrons. The van der Waals surface area contributed by atoms with Crippen LogP contribution in [0.4, 0.5) is 5.69 Å². The molecule has 9 heteroatoms. The molecule has 0 unspecified atom stereocenters. The Labute approximate surface area is 172 Å². The van der Waals surface area contributed by atoms with E-state index in [1.54, 1.807) is 36.1 Å². The maximum absolute atomic E-state index is 12.2. The third kappa shape index (κ3) is 5.71. The van der Waals surface area contributed by atoms with Gasteiger partial charge in [-0.1, -0.05) is 12.1 Å². The van der Waals surface area contributed by atoms with E-state index in [0.29, 0.717) is 36.2 Å². The molecule has 1 aromatic heterocycles. The molecule has 0 saturated heterocycles. The second-order valence-electron chi connectivity index (χ2n) is 6.76. The van der Waals surface area contributed by atoms with Gasteiger partial charge in [-0.25, -0.2) is 0 Å². The number of aromatic nitrogens is 2. The zero-order chi connectivity index (χ0) is 20.8. The summed E-state index contributed by atoms with van der Waals surface area (Å²) in [6, 6.07) is 12.7. The Morgan fingerprint density at radius 1 is 1.10 bits per heavy atom. The fraction of sp³-hybridized carbons (Fsp3) is 0.286. The summed E-state index contributed by atoms with van der Waals surface area (Å²) in [6.07, 6.45) is 1.38. The van der Waals surface area contributed by atoms with Gasteiger partial charge in [0.05, 0.1) is 24.6 Å². The first-order chi connectivity index (χ1) is 14.0. The van der Waals surface area contributed by atoms with Gasteiger partial charge in [-0.05, 0) is 48.7 Å². The van der Waals surface area contributed by atoms with Crippen LogP contribution in [0.2, 0.25) is 0 Å². The second-order valence-corrected chi connectivity index (χ2v) is 6.76. The number of anilines is 1. The number of carbonyl (C=O) groups excluding carboxylic acids is 1. The molecule has 9 nitrogen and oxygen atoms in total. The summed E-state index contributed by atoms with van der Waals surface area (Å²) in [5.41, 5.74) is 2.25. The number of nitrogens with zero attached hydrogens (tertiary/aromatic N) is 1. The summed E-state index contributed by atoms with van der Waals surface area (Å²) in [4.78, 5) is 34.6. The number of hydrogen-bond acceptors (Lipinski definition) is 4. The van der Waals surface area contributed by atoms with Gasteiger partial charge < -0.3 is 20.6 Å². The average molecular weight is 415 g/mol. The lowest BCUT2D eigenvalue weighted by molar-refractivity contribution is -0.137. The minimum absolute atomic E-state index is 0. The quantitative estimate of drug-likeness (QED) is 0.459. The number of hydrogen-bond donors (Lipinski definition) is 3. The molecule has 5 N–H and O–H groups in total. The van der Waals surface area contributed by atoms with Gasteiger partial charge in [0.25, 0.3) is 5.56 Å². The standard InChI is InChI=1S/C21H23N3O5.H2O/c1-29-16-10-11-18-17(12-16)21(28)23-24(18)13-14-6-8-15(9-7-14)22-19(25)4-2-3-5-20(26)27;/h6-12H,2-5,13H2,1H3,(H,22,25)(H,23,28)(H,26,27);1H2. The first kappa shape index (κ1) is 22.7. The molecule has 3 rings (SSSR count). The van der Waals surface area contributed by atoms with Crippen molar-refractivity contribution in [2.24, 2.45) is 0 Å². The van der Waals surface area contributed by atoms with Gasteiger partial charge in [0.2, 0.25) is 5.91 Å². The molecule has 3 aromatic rings. The molecule has 30 heavy (non-hydrogen) atoms. The number of H-pyrrole nitrogens is 1. The molecule has 1 heterocycles. The normalized spacial score (nSPS) is 10.4. The summed E-state index contributed by atoms with van der Waals surface area (Å²) < 4.78 is 6.94. The third-order valence-corrected chi connectivity index (χ3v) is 4.60. The molecule has 0 bridgehead atoms. The SMILES string of the molecule is COc1ccc2c(c1)c(=O)[nH]n2Cc1ccc(NC(=O)CCCCC(=O)O)cc1.O. The number of carboxylic acids is 1. The highest BCUT2D eigenvalue weighted by molar-refractivity contribution is 5.90. The van der Waals surface area contributed by atoms with Crippen molar-refractivity contribution in [2.75, 3.05) is 12.4 Å². The van der Waals surface area contributed by atoms with Gasteiger partial charge in [-0.3, -0.25) is 24.2 Å². The molecule has 2 aromatic carbocycles. The van der Waals surface area contributed by atoms with Crippen LogP contribution in [0.5, 0.6) is 5.75 Å². The average Bonchev–Trinajstić information content (AvgIpc) is 3.01. The van der Waals surface area contributed by atoms with E-state index in [1.165, 1.54) is 0 Å². The van der Waals surface area contributed by atoms with Crippen molar-refractivity contribution in [1.82, 2.24) is 9.78 Å². The van der Waals surface area contributed by atoms with Crippen LogP contribution in [-0.4, -0.2) is 39.3 Å².